The molecule has 0 aliphatic carbocycles. The van der Waals surface area contributed by atoms with Crippen LogP contribution in [0, 0.1) is 0 Å². The second kappa shape index (κ2) is 8.99. The molecule has 1 aromatic heterocycles. The Balaban J connectivity index is 1.88. The Kier molecular flexibility index (Phi) is 6.71. The minimum atomic E-state index is -0.272. The summed E-state index contributed by atoms with van der Waals surface area (Å²) in [7, 11) is 3.04. The van der Waals surface area contributed by atoms with Crippen LogP contribution < -0.4 is 15.4 Å². The number of rotatable bonds is 8. The molecule has 7 nitrogen and oxygen atoms in total. The zero-order chi connectivity index (χ0) is 17.4. The maximum Gasteiger partial charge on any atom is 0.271 e. The third-order valence-electron chi connectivity index (χ3n) is 3.13. The molecule has 0 radical (unpaired) electrons. The molecule has 2 amide bonds. The monoisotopic (exact) mass is 349 g/mol. The van der Waals surface area contributed by atoms with Crippen LogP contribution in [0.2, 0.25) is 0 Å². The van der Waals surface area contributed by atoms with Gasteiger partial charge in [0.15, 0.2) is 0 Å². The number of ether oxygens (including phenoxy) is 2. The van der Waals surface area contributed by atoms with E-state index in [1.165, 1.54) is 18.4 Å². The molecular weight excluding hydrogens is 330 g/mol. The normalized spacial score (nSPS) is 10.2. The Morgan fingerprint density at radius 1 is 1.17 bits per heavy atom. The van der Waals surface area contributed by atoms with Gasteiger partial charge in [0.1, 0.15) is 23.1 Å². The van der Waals surface area contributed by atoms with Crippen molar-refractivity contribution in [2.45, 2.75) is 13.1 Å². The molecule has 1 aromatic carbocycles. The minimum Gasteiger partial charge on any atom is -0.496 e. The standard InChI is InChI=1S/C16H19N3O4S/c1-22-9-14(20)17-8-15-19-12(10-24-15)16(21)18-7-11-5-3-4-6-13(11)23-2/h3-6,10H,7-9H2,1-2H3,(H,17,20)(H,18,21). The van der Waals surface area contributed by atoms with E-state index in [9.17, 15) is 9.59 Å². The average molecular weight is 349 g/mol. The van der Waals surface area contributed by atoms with Gasteiger partial charge in [-0.05, 0) is 6.07 Å². The van der Waals surface area contributed by atoms with Crippen LogP contribution in [0.5, 0.6) is 5.75 Å². The van der Waals surface area contributed by atoms with Gasteiger partial charge in [-0.1, -0.05) is 18.2 Å². The maximum atomic E-state index is 12.2. The van der Waals surface area contributed by atoms with Crippen LogP contribution in [0.15, 0.2) is 29.6 Å². The first-order valence-corrected chi connectivity index (χ1v) is 8.12. The second-order valence-corrected chi connectivity index (χ2v) is 5.77. The second-order valence-electron chi connectivity index (χ2n) is 4.83. The van der Waals surface area contributed by atoms with Gasteiger partial charge in [-0.25, -0.2) is 4.98 Å². The largest absolute Gasteiger partial charge is 0.496 e. The Morgan fingerprint density at radius 2 is 1.96 bits per heavy atom. The Labute approximate surface area is 144 Å². The van der Waals surface area contributed by atoms with Crippen LogP contribution in [0.25, 0.3) is 0 Å². The number of nitrogens with one attached hydrogen (secondary N) is 2. The van der Waals surface area contributed by atoms with Crippen molar-refractivity contribution < 1.29 is 19.1 Å². The van der Waals surface area contributed by atoms with Crippen LogP contribution >= 0.6 is 11.3 Å². The SMILES string of the molecule is COCC(=O)NCc1nc(C(=O)NCc2ccccc2OC)cs1. The van der Waals surface area contributed by atoms with Gasteiger partial charge in [0.25, 0.3) is 5.91 Å². The van der Waals surface area contributed by atoms with E-state index >= 15 is 0 Å². The van der Waals surface area contributed by atoms with Gasteiger partial charge >= 0.3 is 0 Å². The summed E-state index contributed by atoms with van der Waals surface area (Å²) in [6, 6.07) is 7.48. The van der Waals surface area contributed by atoms with Gasteiger partial charge in [0.2, 0.25) is 5.91 Å². The van der Waals surface area contributed by atoms with Gasteiger partial charge in [-0.2, -0.15) is 0 Å². The molecule has 2 rings (SSSR count). The van der Waals surface area contributed by atoms with E-state index in [2.05, 4.69) is 15.6 Å². The van der Waals surface area contributed by atoms with Crippen LogP contribution in [-0.2, 0) is 22.6 Å². The van der Waals surface area contributed by atoms with Gasteiger partial charge in [-0.15, -0.1) is 11.3 Å². The minimum absolute atomic E-state index is 0.00235. The van der Waals surface area contributed by atoms with E-state index in [1.54, 1.807) is 12.5 Å². The van der Waals surface area contributed by atoms with Crippen molar-refractivity contribution in [3.05, 3.63) is 45.9 Å². The van der Waals surface area contributed by atoms with Crippen LogP contribution in [0.1, 0.15) is 21.1 Å². The van der Waals surface area contributed by atoms with Gasteiger partial charge in [0, 0.05) is 24.6 Å². The Hall–Kier alpha value is -2.45. The third kappa shape index (κ3) is 5.04. The number of carbonyl (C=O) groups is 2. The molecular formula is C16H19N3O4S. The van der Waals surface area contributed by atoms with Crippen LogP contribution in [0.4, 0.5) is 0 Å². The number of benzene rings is 1. The van der Waals surface area contributed by atoms with Crippen molar-refractivity contribution >= 4 is 23.2 Å². The smallest absolute Gasteiger partial charge is 0.271 e. The molecule has 0 saturated heterocycles. The number of para-hydroxylation sites is 1. The maximum absolute atomic E-state index is 12.2. The van der Waals surface area contributed by atoms with Crippen LogP contribution in [-0.4, -0.2) is 37.6 Å². The molecule has 2 aromatic rings. The van der Waals surface area contributed by atoms with E-state index in [0.717, 1.165) is 11.3 Å². The fraction of sp³-hybridized carbons (Fsp3) is 0.312. The van der Waals surface area contributed by atoms with Gasteiger partial charge in [0.05, 0.1) is 13.7 Å². The topological polar surface area (TPSA) is 89.5 Å². The first-order valence-electron chi connectivity index (χ1n) is 7.24. The lowest BCUT2D eigenvalue weighted by Crippen LogP contribution is -2.27. The highest BCUT2D eigenvalue weighted by Gasteiger charge is 2.12. The van der Waals surface area contributed by atoms with Gasteiger partial charge in [-0.3, -0.25) is 9.59 Å². The zero-order valence-electron chi connectivity index (χ0n) is 13.5. The molecule has 0 bridgehead atoms. The number of thiazole rings is 1. The Morgan fingerprint density at radius 3 is 2.71 bits per heavy atom. The van der Waals surface area contributed by atoms with Crippen molar-refractivity contribution in [3.8, 4) is 5.75 Å². The summed E-state index contributed by atoms with van der Waals surface area (Å²) >= 11 is 1.32. The average Bonchev–Trinajstić information content (AvgIpc) is 3.07. The van der Waals surface area contributed by atoms with Crippen molar-refractivity contribution in [2.75, 3.05) is 20.8 Å². The van der Waals surface area contributed by atoms with Crippen molar-refractivity contribution in [1.29, 1.82) is 0 Å². The molecule has 0 unspecified atom stereocenters. The summed E-state index contributed by atoms with van der Waals surface area (Å²) in [6.45, 7) is 0.616. The van der Waals surface area contributed by atoms with E-state index < -0.39 is 0 Å². The molecule has 8 heteroatoms. The van der Waals surface area contributed by atoms with E-state index in [0.29, 0.717) is 17.2 Å². The van der Waals surface area contributed by atoms with Crippen molar-refractivity contribution in [2.24, 2.45) is 0 Å². The summed E-state index contributed by atoms with van der Waals surface area (Å²) in [5, 5.41) is 7.78. The number of carbonyl (C=O) groups excluding carboxylic acids is 2. The summed E-state index contributed by atoms with van der Waals surface area (Å²) in [5.74, 6) is 0.221. The number of hydrogen-bond donors (Lipinski definition) is 2. The fourth-order valence-corrected chi connectivity index (χ4v) is 2.68. The molecule has 0 fully saturated rings. The summed E-state index contributed by atoms with van der Waals surface area (Å²) in [5.41, 5.74) is 1.21. The first kappa shape index (κ1) is 17.9. The lowest BCUT2D eigenvalue weighted by molar-refractivity contribution is -0.124. The molecule has 0 atom stereocenters. The predicted molar refractivity (Wildman–Crippen MR) is 90.0 cm³/mol. The highest BCUT2D eigenvalue weighted by molar-refractivity contribution is 7.09. The van der Waals surface area contributed by atoms with E-state index in [-0.39, 0.29) is 25.0 Å². The highest BCUT2D eigenvalue weighted by atomic mass is 32.1. The summed E-state index contributed by atoms with van der Waals surface area (Å²) in [4.78, 5) is 27.7. The summed E-state index contributed by atoms with van der Waals surface area (Å²) in [6.07, 6.45) is 0. The lowest BCUT2D eigenvalue weighted by atomic mass is 10.2. The highest BCUT2D eigenvalue weighted by Crippen LogP contribution is 2.17. The fourth-order valence-electron chi connectivity index (χ4n) is 1.97. The molecule has 2 N–H and O–H groups in total. The molecule has 24 heavy (non-hydrogen) atoms. The van der Waals surface area contributed by atoms with Crippen molar-refractivity contribution in [1.82, 2.24) is 15.6 Å². The molecule has 0 aliphatic rings. The quantitative estimate of drug-likeness (QED) is 0.751. The summed E-state index contributed by atoms with van der Waals surface area (Å²) < 4.78 is 9.97. The first-order chi connectivity index (χ1) is 11.6. The van der Waals surface area contributed by atoms with Crippen LogP contribution in [0.3, 0.4) is 0 Å². The number of amides is 2. The molecule has 1 heterocycles. The number of methoxy groups -OCH3 is 2. The lowest BCUT2D eigenvalue weighted by Gasteiger charge is -2.08. The van der Waals surface area contributed by atoms with E-state index in [4.69, 9.17) is 9.47 Å². The number of aromatic nitrogens is 1. The molecule has 0 aliphatic heterocycles. The zero-order valence-corrected chi connectivity index (χ0v) is 14.3. The van der Waals surface area contributed by atoms with Gasteiger partial charge < -0.3 is 20.1 Å². The molecule has 0 spiro atoms. The third-order valence-corrected chi connectivity index (χ3v) is 3.98. The Bertz CT molecular complexity index is 702. The predicted octanol–water partition coefficient (Wildman–Crippen LogP) is 1.34. The molecule has 0 saturated carbocycles. The number of hydrogen-bond acceptors (Lipinski definition) is 6. The number of nitrogens with zero attached hydrogens (tertiary/aromatic N) is 1. The molecule has 128 valence electrons. The van der Waals surface area contributed by atoms with Crippen molar-refractivity contribution in [3.63, 3.8) is 0 Å². The van der Waals surface area contributed by atoms with E-state index in [1.807, 2.05) is 24.3 Å².